The Morgan fingerprint density at radius 3 is 2.65 bits per heavy atom. The second-order valence-corrected chi connectivity index (χ2v) is 8.13. The lowest BCUT2D eigenvalue weighted by Gasteiger charge is -2.25. The first-order valence-electron chi connectivity index (χ1n) is 8.50. The van der Waals surface area contributed by atoms with Crippen molar-refractivity contribution in [1.82, 2.24) is 15.2 Å². The van der Waals surface area contributed by atoms with Crippen LogP contribution in [-0.4, -0.2) is 42.5 Å². The molecule has 1 aromatic rings. The molecule has 2 fully saturated rings. The number of aromatic nitrogens is 1. The molecule has 0 aromatic carbocycles. The van der Waals surface area contributed by atoms with E-state index >= 15 is 0 Å². The summed E-state index contributed by atoms with van der Waals surface area (Å²) in [4.78, 5) is 12.9. The third-order valence-electron chi connectivity index (χ3n) is 5.25. The minimum Gasteiger partial charge on any atom is -0.356 e. The van der Waals surface area contributed by atoms with Crippen LogP contribution in [0.15, 0.2) is 4.99 Å². The number of nitrogens with zero attached hydrogens (tertiary/aromatic N) is 3. The monoisotopic (exact) mass is 448 g/mol. The van der Waals surface area contributed by atoms with E-state index in [9.17, 15) is 0 Å². The van der Waals surface area contributed by atoms with Gasteiger partial charge in [0.1, 0.15) is 0 Å². The minimum atomic E-state index is 0. The minimum absolute atomic E-state index is 0. The summed E-state index contributed by atoms with van der Waals surface area (Å²) in [5.41, 5.74) is 1.79. The largest absolute Gasteiger partial charge is 0.356 e. The fraction of sp³-hybridized carbons (Fsp3) is 0.765. The molecule has 2 heterocycles. The summed E-state index contributed by atoms with van der Waals surface area (Å²) >= 11 is 1.82. The van der Waals surface area contributed by atoms with Gasteiger partial charge in [-0.15, -0.1) is 35.3 Å². The number of rotatable bonds is 3. The molecule has 0 radical (unpaired) electrons. The highest BCUT2D eigenvalue weighted by Crippen LogP contribution is 2.45. The molecule has 3 rings (SSSR count). The first-order chi connectivity index (χ1) is 10.6. The van der Waals surface area contributed by atoms with E-state index in [1.54, 1.807) is 0 Å². The van der Waals surface area contributed by atoms with Crippen LogP contribution in [0, 0.1) is 19.3 Å². The third kappa shape index (κ3) is 4.38. The summed E-state index contributed by atoms with van der Waals surface area (Å²) in [5.74, 6) is 1.09. The maximum Gasteiger partial charge on any atom is 0.193 e. The summed E-state index contributed by atoms with van der Waals surface area (Å²) in [5, 5.41) is 4.72. The Balaban J connectivity index is 0.00000192. The highest BCUT2D eigenvalue weighted by atomic mass is 127. The molecule has 4 nitrogen and oxygen atoms in total. The molecule has 1 aliphatic carbocycles. The molecule has 6 heteroatoms. The van der Waals surface area contributed by atoms with Crippen molar-refractivity contribution in [3.05, 3.63) is 15.6 Å². The fourth-order valence-corrected chi connectivity index (χ4v) is 5.01. The van der Waals surface area contributed by atoms with Gasteiger partial charge in [-0.2, -0.15) is 0 Å². The number of aliphatic imine (C=N–C) groups is 1. The van der Waals surface area contributed by atoms with E-state index in [1.807, 2.05) is 18.4 Å². The number of thiazole rings is 1. The van der Waals surface area contributed by atoms with Crippen LogP contribution in [0.3, 0.4) is 0 Å². The van der Waals surface area contributed by atoms with E-state index in [-0.39, 0.29) is 24.0 Å². The standard InChI is InChI=1S/C17H28N4S.HI/c1-13-15(22-14(2)20-13)6-10-19-16(18-3)21-11-9-17(12-21)7-4-5-8-17;/h4-12H2,1-3H3,(H,18,19);1H. The maximum atomic E-state index is 4.50. The smallest absolute Gasteiger partial charge is 0.193 e. The average molecular weight is 448 g/mol. The molecule has 0 bridgehead atoms. The molecule has 0 unspecified atom stereocenters. The SMILES string of the molecule is CN=C(NCCc1sc(C)nc1C)N1CCC2(CCCC2)C1.I. The second kappa shape index (κ2) is 8.14. The van der Waals surface area contributed by atoms with Gasteiger partial charge in [0.25, 0.3) is 0 Å². The van der Waals surface area contributed by atoms with Gasteiger partial charge in [0.2, 0.25) is 0 Å². The molecule has 1 saturated carbocycles. The molecule has 1 aliphatic heterocycles. The molecular weight excluding hydrogens is 419 g/mol. The zero-order chi connectivity index (χ0) is 15.6. The van der Waals surface area contributed by atoms with Crippen molar-refractivity contribution in [2.45, 2.75) is 52.4 Å². The molecule has 1 aromatic heterocycles. The van der Waals surface area contributed by atoms with Gasteiger partial charge in [-0.05, 0) is 38.5 Å². The second-order valence-electron chi connectivity index (χ2n) is 6.84. The van der Waals surface area contributed by atoms with Crippen molar-refractivity contribution in [3.63, 3.8) is 0 Å². The van der Waals surface area contributed by atoms with Gasteiger partial charge < -0.3 is 10.2 Å². The summed E-state index contributed by atoms with van der Waals surface area (Å²) in [6.45, 7) is 7.50. The Labute approximate surface area is 161 Å². The first-order valence-corrected chi connectivity index (χ1v) is 9.32. The number of nitrogens with one attached hydrogen (secondary N) is 1. The predicted octanol–water partition coefficient (Wildman–Crippen LogP) is 3.76. The van der Waals surface area contributed by atoms with E-state index in [0.29, 0.717) is 5.41 Å². The maximum absolute atomic E-state index is 4.50. The van der Waals surface area contributed by atoms with Crippen LogP contribution >= 0.6 is 35.3 Å². The van der Waals surface area contributed by atoms with Crippen LogP contribution in [0.4, 0.5) is 0 Å². The Hall–Kier alpha value is -0.370. The van der Waals surface area contributed by atoms with Crippen molar-refractivity contribution in [3.8, 4) is 0 Å². The quantitative estimate of drug-likeness (QED) is 0.435. The van der Waals surface area contributed by atoms with Gasteiger partial charge in [-0.1, -0.05) is 12.8 Å². The summed E-state index contributed by atoms with van der Waals surface area (Å²) in [6, 6.07) is 0. The average Bonchev–Trinajstić information content (AvgIpc) is 3.19. The third-order valence-corrected chi connectivity index (χ3v) is 6.38. The molecule has 0 atom stereocenters. The molecule has 23 heavy (non-hydrogen) atoms. The van der Waals surface area contributed by atoms with Gasteiger partial charge in [-0.3, -0.25) is 4.99 Å². The van der Waals surface area contributed by atoms with Gasteiger partial charge >= 0.3 is 0 Å². The molecular formula is C17H29IN4S. The van der Waals surface area contributed by atoms with Crippen LogP contribution in [0.1, 0.15) is 47.7 Å². The first kappa shape index (κ1) is 19.0. The Kier molecular flexibility index (Phi) is 6.71. The number of guanidine groups is 1. The Morgan fingerprint density at radius 2 is 2.04 bits per heavy atom. The number of halogens is 1. The highest BCUT2D eigenvalue weighted by molar-refractivity contribution is 14.0. The van der Waals surface area contributed by atoms with Gasteiger partial charge in [0, 0.05) is 38.0 Å². The van der Waals surface area contributed by atoms with Crippen LogP contribution in [0.2, 0.25) is 0 Å². The lowest BCUT2D eigenvalue weighted by Crippen LogP contribution is -2.41. The molecule has 1 N–H and O–H groups in total. The van der Waals surface area contributed by atoms with Gasteiger partial charge in [0.15, 0.2) is 5.96 Å². The summed E-state index contributed by atoms with van der Waals surface area (Å²) < 4.78 is 0. The van der Waals surface area contributed by atoms with E-state index in [2.05, 4.69) is 34.0 Å². The number of hydrogen-bond donors (Lipinski definition) is 1. The molecule has 1 saturated heterocycles. The van der Waals surface area contributed by atoms with Crippen molar-refractivity contribution < 1.29 is 0 Å². The lowest BCUT2D eigenvalue weighted by atomic mass is 9.86. The van der Waals surface area contributed by atoms with Gasteiger partial charge in [-0.25, -0.2) is 4.98 Å². The van der Waals surface area contributed by atoms with Crippen molar-refractivity contribution in [1.29, 1.82) is 0 Å². The molecule has 130 valence electrons. The summed E-state index contributed by atoms with van der Waals surface area (Å²) in [6.07, 6.45) is 8.06. The van der Waals surface area contributed by atoms with Gasteiger partial charge in [0.05, 0.1) is 10.7 Å². The highest BCUT2D eigenvalue weighted by Gasteiger charge is 2.40. The van der Waals surface area contributed by atoms with Crippen LogP contribution in [0.5, 0.6) is 0 Å². The fourth-order valence-electron chi connectivity index (χ4n) is 4.07. The topological polar surface area (TPSA) is 40.5 Å². The van der Waals surface area contributed by atoms with Crippen LogP contribution < -0.4 is 5.32 Å². The van der Waals surface area contributed by atoms with Crippen molar-refractivity contribution in [2.75, 3.05) is 26.7 Å². The van der Waals surface area contributed by atoms with E-state index in [4.69, 9.17) is 0 Å². The van der Waals surface area contributed by atoms with E-state index in [0.717, 1.165) is 18.9 Å². The van der Waals surface area contributed by atoms with Crippen molar-refractivity contribution >= 4 is 41.3 Å². The Bertz CT molecular complexity index is 549. The molecule has 1 spiro atoms. The zero-order valence-electron chi connectivity index (χ0n) is 14.5. The predicted molar refractivity (Wildman–Crippen MR) is 109 cm³/mol. The number of hydrogen-bond acceptors (Lipinski definition) is 3. The van der Waals surface area contributed by atoms with Crippen LogP contribution in [0.25, 0.3) is 0 Å². The van der Waals surface area contributed by atoms with Crippen molar-refractivity contribution in [2.24, 2.45) is 10.4 Å². The summed E-state index contributed by atoms with van der Waals surface area (Å²) in [7, 11) is 1.91. The molecule has 0 amide bonds. The van der Waals surface area contributed by atoms with E-state index in [1.165, 1.54) is 60.8 Å². The molecule has 2 aliphatic rings. The Morgan fingerprint density at radius 1 is 1.30 bits per heavy atom. The lowest BCUT2D eigenvalue weighted by molar-refractivity contribution is 0.309. The normalized spacial score (nSPS) is 20.1. The number of likely N-dealkylation sites (tertiary alicyclic amines) is 1. The van der Waals surface area contributed by atoms with E-state index < -0.39 is 0 Å². The van der Waals surface area contributed by atoms with Crippen LogP contribution in [-0.2, 0) is 6.42 Å². The number of aryl methyl sites for hydroxylation is 2. The zero-order valence-corrected chi connectivity index (χ0v) is 17.7.